The Kier molecular flexibility index (Phi) is 5.51. The monoisotopic (exact) mass is 421 g/mol. The van der Waals surface area contributed by atoms with Crippen molar-refractivity contribution in [2.24, 2.45) is 5.92 Å². The quantitative estimate of drug-likeness (QED) is 0.759. The molecule has 3 aliphatic heterocycles. The maximum Gasteiger partial charge on any atom is 0.231 e. The number of ether oxygens (including phenoxy) is 2. The van der Waals surface area contributed by atoms with Gasteiger partial charge in [-0.3, -0.25) is 14.5 Å². The van der Waals surface area contributed by atoms with Crippen LogP contribution in [0.5, 0.6) is 11.5 Å². The van der Waals surface area contributed by atoms with Crippen LogP contribution in [0.1, 0.15) is 18.4 Å². The van der Waals surface area contributed by atoms with Gasteiger partial charge in [0, 0.05) is 57.4 Å². The maximum absolute atomic E-state index is 13.2. The number of carbonyl (C=O) groups excluding carboxylic acids is 2. The van der Waals surface area contributed by atoms with E-state index < -0.39 is 0 Å². The van der Waals surface area contributed by atoms with E-state index in [4.69, 9.17) is 9.47 Å². The average Bonchev–Trinajstić information content (AvgIpc) is 3.34. The van der Waals surface area contributed by atoms with Crippen LogP contribution in [-0.4, -0.2) is 61.1 Å². The summed E-state index contributed by atoms with van der Waals surface area (Å²) in [5, 5.41) is 0. The number of hydrogen-bond donors (Lipinski definition) is 0. The van der Waals surface area contributed by atoms with E-state index >= 15 is 0 Å². The van der Waals surface area contributed by atoms with E-state index in [-0.39, 0.29) is 30.9 Å². The minimum absolute atomic E-state index is 0.0160. The van der Waals surface area contributed by atoms with E-state index in [1.54, 1.807) is 4.90 Å². The summed E-state index contributed by atoms with van der Waals surface area (Å²) in [7, 11) is 0. The zero-order valence-corrected chi connectivity index (χ0v) is 17.5. The van der Waals surface area contributed by atoms with Crippen LogP contribution in [-0.2, 0) is 16.1 Å². The normalized spacial score (nSPS) is 21.4. The van der Waals surface area contributed by atoms with Crippen LogP contribution in [0.15, 0.2) is 48.5 Å². The molecular formula is C24H27N3O4. The van der Waals surface area contributed by atoms with Crippen LogP contribution in [0.25, 0.3) is 0 Å². The Hall–Kier alpha value is -3.06. The summed E-state index contributed by atoms with van der Waals surface area (Å²) >= 11 is 0. The van der Waals surface area contributed by atoms with E-state index in [0.29, 0.717) is 24.6 Å². The molecule has 0 aliphatic carbocycles. The second-order valence-electron chi connectivity index (χ2n) is 8.38. The Morgan fingerprint density at radius 3 is 2.68 bits per heavy atom. The number of hydrogen-bond acceptors (Lipinski definition) is 5. The molecule has 2 fully saturated rings. The van der Waals surface area contributed by atoms with Crippen molar-refractivity contribution in [2.45, 2.75) is 19.4 Å². The van der Waals surface area contributed by atoms with Crippen LogP contribution in [0, 0.1) is 5.92 Å². The van der Waals surface area contributed by atoms with Gasteiger partial charge < -0.3 is 19.3 Å². The first-order valence-corrected chi connectivity index (χ1v) is 10.9. The smallest absolute Gasteiger partial charge is 0.231 e. The number of nitrogens with zero attached hydrogens (tertiary/aromatic N) is 3. The molecule has 2 amide bonds. The van der Waals surface area contributed by atoms with Crippen molar-refractivity contribution in [2.75, 3.05) is 44.4 Å². The van der Waals surface area contributed by atoms with Crippen LogP contribution in [0.3, 0.4) is 0 Å². The molecule has 0 radical (unpaired) electrons. The summed E-state index contributed by atoms with van der Waals surface area (Å²) in [6.45, 7) is 4.81. The Morgan fingerprint density at radius 1 is 0.968 bits per heavy atom. The fourth-order valence-electron chi connectivity index (χ4n) is 4.62. The fourth-order valence-corrected chi connectivity index (χ4v) is 4.62. The van der Waals surface area contributed by atoms with Crippen molar-refractivity contribution in [1.29, 1.82) is 0 Å². The molecule has 0 unspecified atom stereocenters. The predicted molar refractivity (Wildman–Crippen MR) is 116 cm³/mol. The molecule has 0 bridgehead atoms. The van der Waals surface area contributed by atoms with E-state index in [1.165, 1.54) is 5.56 Å². The molecule has 2 aromatic carbocycles. The number of carbonyl (C=O) groups is 2. The molecule has 1 atom stereocenters. The van der Waals surface area contributed by atoms with Crippen LogP contribution >= 0.6 is 0 Å². The minimum Gasteiger partial charge on any atom is -0.454 e. The van der Waals surface area contributed by atoms with Gasteiger partial charge in [-0.05, 0) is 24.1 Å². The summed E-state index contributed by atoms with van der Waals surface area (Å²) in [4.78, 5) is 31.9. The highest BCUT2D eigenvalue weighted by Crippen LogP contribution is 2.37. The molecule has 5 rings (SSSR count). The number of fused-ring (bicyclic) bond motifs is 1. The van der Waals surface area contributed by atoms with Crippen LogP contribution in [0.4, 0.5) is 5.69 Å². The van der Waals surface area contributed by atoms with E-state index in [2.05, 4.69) is 29.2 Å². The topological polar surface area (TPSA) is 62.3 Å². The van der Waals surface area contributed by atoms with Crippen molar-refractivity contribution >= 4 is 17.5 Å². The third-order valence-corrected chi connectivity index (χ3v) is 6.29. The van der Waals surface area contributed by atoms with Gasteiger partial charge in [-0.2, -0.15) is 0 Å². The lowest BCUT2D eigenvalue weighted by molar-refractivity contribution is -0.135. The molecular weight excluding hydrogens is 394 g/mol. The van der Waals surface area contributed by atoms with Gasteiger partial charge in [0.05, 0.1) is 5.92 Å². The molecule has 7 nitrogen and oxygen atoms in total. The molecule has 3 aliphatic rings. The van der Waals surface area contributed by atoms with Gasteiger partial charge in [-0.25, -0.2) is 0 Å². The summed E-state index contributed by atoms with van der Waals surface area (Å²) in [6, 6.07) is 15.9. The van der Waals surface area contributed by atoms with Crippen molar-refractivity contribution in [3.05, 3.63) is 54.1 Å². The van der Waals surface area contributed by atoms with Crippen molar-refractivity contribution in [3.8, 4) is 11.5 Å². The summed E-state index contributed by atoms with van der Waals surface area (Å²) < 4.78 is 10.8. The van der Waals surface area contributed by atoms with Crippen molar-refractivity contribution in [3.63, 3.8) is 0 Å². The Bertz CT molecular complexity index is 965. The highest BCUT2D eigenvalue weighted by molar-refractivity contribution is 6.00. The Labute approximate surface area is 182 Å². The Morgan fingerprint density at radius 2 is 1.81 bits per heavy atom. The zero-order valence-electron chi connectivity index (χ0n) is 17.5. The largest absolute Gasteiger partial charge is 0.454 e. The lowest BCUT2D eigenvalue weighted by atomic mass is 10.1. The van der Waals surface area contributed by atoms with Gasteiger partial charge in [-0.15, -0.1) is 0 Å². The minimum atomic E-state index is -0.293. The summed E-state index contributed by atoms with van der Waals surface area (Å²) in [5.74, 6) is 1.12. The predicted octanol–water partition coefficient (Wildman–Crippen LogP) is 2.50. The van der Waals surface area contributed by atoms with Gasteiger partial charge in [0.1, 0.15) is 0 Å². The zero-order chi connectivity index (χ0) is 21.2. The number of benzene rings is 2. The van der Waals surface area contributed by atoms with Crippen LogP contribution in [0.2, 0.25) is 0 Å². The molecule has 0 saturated carbocycles. The average molecular weight is 421 g/mol. The van der Waals surface area contributed by atoms with Gasteiger partial charge in [-0.1, -0.05) is 30.3 Å². The number of amides is 2. The SMILES string of the molecule is O=C([C@@H]1CC(=O)N(c2ccc3c(c2)OCO3)C1)N1CCCN(Cc2ccccc2)CC1. The van der Waals surface area contributed by atoms with E-state index in [1.807, 2.05) is 29.2 Å². The molecule has 7 heteroatoms. The standard InChI is InChI=1S/C24H27N3O4/c28-23-13-19(16-27(23)20-7-8-21-22(14-20)31-17-30-21)24(29)26-10-4-9-25(11-12-26)15-18-5-2-1-3-6-18/h1-3,5-8,14,19H,4,9-13,15-17H2/t19-/m1/s1. The highest BCUT2D eigenvalue weighted by Gasteiger charge is 2.38. The first-order valence-electron chi connectivity index (χ1n) is 10.9. The van der Waals surface area contributed by atoms with E-state index in [9.17, 15) is 9.59 Å². The van der Waals surface area contributed by atoms with Gasteiger partial charge >= 0.3 is 0 Å². The van der Waals surface area contributed by atoms with Gasteiger partial charge in [0.2, 0.25) is 18.6 Å². The van der Waals surface area contributed by atoms with Gasteiger partial charge in [0.25, 0.3) is 0 Å². The maximum atomic E-state index is 13.2. The highest BCUT2D eigenvalue weighted by atomic mass is 16.7. The molecule has 31 heavy (non-hydrogen) atoms. The molecule has 2 saturated heterocycles. The van der Waals surface area contributed by atoms with Crippen molar-refractivity contribution < 1.29 is 19.1 Å². The second-order valence-corrected chi connectivity index (χ2v) is 8.38. The van der Waals surface area contributed by atoms with Crippen LogP contribution < -0.4 is 14.4 Å². The fraction of sp³-hybridized carbons (Fsp3) is 0.417. The molecule has 0 N–H and O–H groups in total. The third kappa shape index (κ3) is 4.23. The summed E-state index contributed by atoms with van der Waals surface area (Å²) in [5.41, 5.74) is 2.05. The van der Waals surface area contributed by atoms with E-state index in [0.717, 1.165) is 38.3 Å². The second kappa shape index (κ2) is 8.59. The van der Waals surface area contributed by atoms with Crippen molar-refractivity contribution in [1.82, 2.24) is 9.80 Å². The Balaban J connectivity index is 1.20. The molecule has 2 aromatic rings. The number of anilines is 1. The molecule has 162 valence electrons. The lowest BCUT2D eigenvalue weighted by Gasteiger charge is -2.24. The summed E-state index contributed by atoms with van der Waals surface area (Å²) in [6.07, 6.45) is 1.21. The third-order valence-electron chi connectivity index (χ3n) is 6.29. The molecule has 0 aromatic heterocycles. The molecule has 3 heterocycles. The van der Waals surface area contributed by atoms with Gasteiger partial charge in [0.15, 0.2) is 11.5 Å². The lowest BCUT2D eigenvalue weighted by Crippen LogP contribution is -2.39. The number of rotatable bonds is 4. The first kappa shape index (κ1) is 19.9. The first-order chi connectivity index (χ1) is 15.2. The molecule has 0 spiro atoms.